The maximum Gasteiger partial charge on any atom is 0.209 e. The molecule has 1 saturated heterocycles. The lowest BCUT2D eigenvalue weighted by Crippen LogP contribution is -2.42. The fraction of sp³-hybridized carbons (Fsp3) is 1.00. The Hall–Kier alpha value is 0.800. The molecule has 1 fully saturated rings. The van der Waals surface area contributed by atoms with Crippen LogP contribution in [0.25, 0.3) is 0 Å². The van der Waals surface area contributed by atoms with Crippen LogP contribution in [0.4, 0.5) is 0 Å². The molecule has 0 aromatic rings. The maximum absolute atomic E-state index is 5.41. The molecule has 84 valence electrons. The van der Waals surface area contributed by atoms with Gasteiger partial charge >= 0.3 is 0 Å². The molecule has 14 heavy (non-hydrogen) atoms. The number of rotatable bonds is 6. The Balaban J connectivity index is 2.26. The lowest BCUT2D eigenvalue weighted by Gasteiger charge is -2.31. The first-order valence-corrected chi connectivity index (χ1v) is 6.71. The number of hydrogen-bond acceptors (Lipinski definition) is 4. The van der Waals surface area contributed by atoms with Crippen LogP contribution in [0.1, 0.15) is 0 Å². The fourth-order valence-corrected chi connectivity index (χ4v) is 1.43. The van der Waals surface area contributed by atoms with E-state index in [4.69, 9.17) is 18.9 Å². The van der Waals surface area contributed by atoms with Crippen molar-refractivity contribution < 1.29 is 18.9 Å². The van der Waals surface area contributed by atoms with Gasteiger partial charge in [0.1, 0.15) is 0 Å². The molecule has 4 nitrogen and oxygen atoms in total. The molecule has 0 N–H and O–H groups in total. The molecule has 0 aromatic carbocycles. The van der Waals surface area contributed by atoms with Crippen molar-refractivity contribution in [1.82, 2.24) is 0 Å². The molecule has 0 aliphatic carbocycles. The van der Waals surface area contributed by atoms with Crippen molar-refractivity contribution in [1.29, 1.82) is 0 Å². The van der Waals surface area contributed by atoms with Crippen molar-refractivity contribution >= 4 is 31.9 Å². The fourth-order valence-electron chi connectivity index (χ4n) is 1.06. The van der Waals surface area contributed by atoms with Gasteiger partial charge in [0.25, 0.3) is 0 Å². The minimum absolute atomic E-state index is 0.402. The Morgan fingerprint density at radius 1 is 0.929 bits per heavy atom. The molecule has 0 saturated carbocycles. The molecule has 1 aliphatic heterocycles. The van der Waals surface area contributed by atoms with Gasteiger partial charge in [0.2, 0.25) is 12.6 Å². The Morgan fingerprint density at radius 2 is 1.36 bits per heavy atom. The second kappa shape index (κ2) is 8.01. The van der Waals surface area contributed by atoms with Crippen LogP contribution in [-0.2, 0) is 18.9 Å². The molecular formula is C8H14Br2O4. The van der Waals surface area contributed by atoms with E-state index >= 15 is 0 Å². The highest BCUT2D eigenvalue weighted by molar-refractivity contribution is 9.09. The van der Waals surface area contributed by atoms with E-state index in [2.05, 4.69) is 31.9 Å². The lowest BCUT2D eigenvalue weighted by atomic mass is 10.5. The van der Waals surface area contributed by atoms with E-state index in [9.17, 15) is 0 Å². The summed E-state index contributed by atoms with van der Waals surface area (Å²) < 4.78 is 21.6. The van der Waals surface area contributed by atoms with Gasteiger partial charge in [0.15, 0.2) is 0 Å². The predicted octanol–water partition coefficient (Wildman–Crippen LogP) is 1.51. The highest BCUT2D eigenvalue weighted by atomic mass is 79.9. The summed E-state index contributed by atoms with van der Waals surface area (Å²) in [6.07, 6.45) is -0.805. The molecule has 1 rings (SSSR count). The molecule has 0 amide bonds. The van der Waals surface area contributed by atoms with E-state index < -0.39 is 12.6 Å². The van der Waals surface area contributed by atoms with Crippen LogP contribution in [0.5, 0.6) is 0 Å². The molecule has 0 spiro atoms. The molecule has 0 bridgehead atoms. The molecule has 1 heterocycles. The summed E-state index contributed by atoms with van der Waals surface area (Å²) in [6, 6.07) is 0. The minimum atomic E-state index is -0.402. The molecule has 0 aromatic heterocycles. The number of alkyl halides is 2. The summed E-state index contributed by atoms with van der Waals surface area (Å²) in [6.45, 7) is 2.28. The first-order valence-electron chi connectivity index (χ1n) is 4.47. The molecule has 2 unspecified atom stereocenters. The van der Waals surface area contributed by atoms with Gasteiger partial charge in [-0.05, 0) is 0 Å². The van der Waals surface area contributed by atoms with Crippen molar-refractivity contribution in [2.75, 3.05) is 37.1 Å². The van der Waals surface area contributed by atoms with Gasteiger partial charge < -0.3 is 18.9 Å². The summed E-state index contributed by atoms with van der Waals surface area (Å²) in [5.74, 6) is 0. The molecule has 6 heteroatoms. The number of halogens is 2. The lowest BCUT2D eigenvalue weighted by molar-refractivity contribution is -0.317. The summed E-state index contributed by atoms with van der Waals surface area (Å²) in [5.41, 5.74) is 0. The first kappa shape index (κ1) is 12.9. The maximum atomic E-state index is 5.41. The van der Waals surface area contributed by atoms with Gasteiger partial charge in [-0.2, -0.15) is 0 Å². The highest BCUT2D eigenvalue weighted by Crippen LogP contribution is 2.13. The van der Waals surface area contributed by atoms with Crippen molar-refractivity contribution in [3.8, 4) is 0 Å². The van der Waals surface area contributed by atoms with Crippen LogP contribution < -0.4 is 0 Å². The van der Waals surface area contributed by atoms with Crippen LogP contribution in [0.3, 0.4) is 0 Å². The van der Waals surface area contributed by atoms with E-state index in [0.717, 1.165) is 10.7 Å². The normalized spacial score (nSPS) is 27.9. The number of hydrogen-bond donors (Lipinski definition) is 0. The Bertz CT molecular complexity index is 131. The highest BCUT2D eigenvalue weighted by Gasteiger charge is 2.28. The standard InChI is InChI=1S/C8H14Br2O4/c9-1-3-11-7-8(12-4-2-10)14-6-5-13-7/h7-8H,1-6H2. The van der Waals surface area contributed by atoms with E-state index in [1.807, 2.05) is 0 Å². The largest absolute Gasteiger partial charge is 0.347 e. The van der Waals surface area contributed by atoms with E-state index in [1.165, 1.54) is 0 Å². The first-order chi connectivity index (χ1) is 6.88. The summed E-state index contributed by atoms with van der Waals surface area (Å²) in [4.78, 5) is 0. The zero-order valence-electron chi connectivity index (χ0n) is 7.79. The van der Waals surface area contributed by atoms with Gasteiger partial charge in [0, 0.05) is 10.7 Å². The van der Waals surface area contributed by atoms with Crippen LogP contribution >= 0.6 is 31.9 Å². The molecular weight excluding hydrogens is 320 g/mol. The second-order valence-electron chi connectivity index (χ2n) is 2.60. The third-order valence-corrected chi connectivity index (χ3v) is 2.24. The summed E-state index contributed by atoms with van der Waals surface area (Å²) in [5, 5.41) is 1.55. The zero-order chi connectivity index (χ0) is 10.2. The van der Waals surface area contributed by atoms with Crippen LogP contribution in [0.2, 0.25) is 0 Å². The van der Waals surface area contributed by atoms with Crippen molar-refractivity contribution in [3.05, 3.63) is 0 Å². The molecule has 2 atom stereocenters. The van der Waals surface area contributed by atoms with Gasteiger partial charge in [-0.3, -0.25) is 0 Å². The van der Waals surface area contributed by atoms with Crippen LogP contribution in [0, 0.1) is 0 Å². The third kappa shape index (κ3) is 4.55. The van der Waals surface area contributed by atoms with Gasteiger partial charge in [-0.25, -0.2) is 0 Å². The molecule has 1 aliphatic rings. The van der Waals surface area contributed by atoms with E-state index in [0.29, 0.717) is 26.4 Å². The van der Waals surface area contributed by atoms with E-state index in [-0.39, 0.29) is 0 Å². The van der Waals surface area contributed by atoms with Crippen molar-refractivity contribution in [2.24, 2.45) is 0 Å². The average molecular weight is 334 g/mol. The monoisotopic (exact) mass is 332 g/mol. The average Bonchev–Trinajstić information content (AvgIpc) is 2.24. The SMILES string of the molecule is BrCCOC1OCCOC1OCCBr. The quantitative estimate of drug-likeness (QED) is 0.690. The molecule has 0 radical (unpaired) electrons. The zero-order valence-corrected chi connectivity index (χ0v) is 11.0. The third-order valence-electron chi connectivity index (χ3n) is 1.59. The predicted molar refractivity (Wildman–Crippen MR) is 59.0 cm³/mol. The topological polar surface area (TPSA) is 36.9 Å². The van der Waals surface area contributed by atoms with Crippen LogP contribution in [-0.4, -0.2) is 49.7 Å². The van der Waals surface area contributed by atoms with Crippen molar-refractivity contribution in [2.45, 2.75) is 12.6 Å². The summed E-state index contributed by atoms with van der Waals surface area (Å²) in [7, 11) is 0. The smallest absolute Gasteiger partial charge is 0.209 e. The minimum Gasteiger partial charge on any atom is -0.347 e. The van der Waals surface area contributed by atoms with Gasteiger partial charge in [0.05, 0.1) is 26.4 Å². The Labute approximate surface area is 100 Å². The Morgan fingerprint density at radius 3 is 1.71 bits per heavy atom. The second-order valence-corrected chi connectivity index (χ2v) is 4.18. The van der Waals surface area contributed by atoms with E-state index in [1.54, 1.807) is 0 Å². The Kier molecular flexibility index (Phi) is 7.36. The summed E-state index contributed by atoms with van der Waals surface area (Å²) >= 11 is 6.56. The number of ether oxygens (including phenoxy) is 4. The van der Waals surface area contributed by atoms with Crippen molar-refractivity contribution in [3.63, 3.8) is 0 Å². The van der Waals surface area contributed by atoms with Crippen LogP contribution in [0.15, 0.2) is 0 Å². The van der Waals surface area contributed by atoms with Gasteiger partial charge in [-0.15, -0.1) is 0 Å². The van der Waals surface area contributed by atoms with Gasteiger partial charge in [-0.1, -0.05) is 31.9 Å².